The minimum atomic E-state index is -0.0958. The molecule has 0 fully saturated rings. The van der Waals surface area contributed by atoms with Gasteiger partial charge in [-0.3, -0.25) is 4.79 Å². The van der Waals surface area contributed by atoms with Gasteiger partial charge in [-0.1, -0.05) is 19.1 Å². The number of aliphatic hydroxyl groups is 1. The third-order valence-electron chi connectivity index (χ3n) is 2.34. The lowest BCUT2D eigenvalue weighted by molar-refractivity contribution is -0.120. The molecule has 0 aliphatic heterocycles. The molecule has 1 aromatic carbocycles. The van der Waals surface area contributed by atoms with Crippen molar-refractivity contribution in [1.29, 1.82) is 0 Å². The third-order valence-corrected chi connectivity index (χ3v) is 3.45. The summed E-state index contributed by atoms with van der Waals surface area (Å²) in [5.41, 5.74) is 0.887. The van der Waals surface area contributed by atoms with Crippen LogP contribution in [0.4, 0.5) is 0 Å². The lowest BCUT2D eigenvalue weighted by Gasteiger charge is -2.11. The van der Waals surface area contributed by atoms with Gasteiger partial charge >= 0.3 is 0 Å². The first-order valence-electron chi connectivity index (χ1n) is 5.81. The van der Waals surface area contributed by atoms with Crippen molar-refractivity contribution in [3.8, 4) is 0 Å². The summed E-state index contributed by atoms with van der Waals surface area (Å²) in [5, 5.41) is 11.7. The molecule has 94 valence electrons. The molecular formula is C13H19NO2S. The summed E-state index contributed by atoms with van der Waals surface area (Å²) >= 11 is 1.53. The van der Waals surface area contributed by atoms with E-state index >= 15 is 0 Å². The molecule has 0 heterocycles. The Hall–Kier alpha value is -1.00. The smallest absolute Gasteiger partial charge is 0.233 e. The summed E-state index contributed by atoms with van der Waals surface area (Å²) in [5.74, 6) is 0.0723. The van der Waals surface area contributed by atoms with Crippen molar-refractivity contribution in [3.05, 3.63) is 29.8 Å². The summed E-state index contributed by atoms with van der Waals surface area (Å²) in [6.07, 6.45) is 0.953. The summed E-state index contributed by atoms with van der Waals surface area (Å²) in [7, 11) is 0. The summed E-state index contributed by atoms with van der Waals surface area (Å²) in [6, 6.07) is 7.61. The van der Waals surface area contributed by atoms with Crippen LogP contribution in [0.3, 0.4) is 0 Å². The first-order chi connectivity index (χ1) is 8.17. The van der Waals surface area contributed by atoms with Crippen LogP contribution >= 0.6 is 11.8 Å². The maximum absolute atomic E-state index is 11.7. The normalized spacial score (nSPS) is 12.2. The second-order valence-corrected chi connectivity index (χ2v) is 5.27. The van der Waals surface area contributed by atoms with Gasteiger partial charge in [0, 0.05) is 11.4 Å². The van der Waals surface area contributed by atoms with Gasteiger partial charge in [-0.2, -0.15) is 0 Å². The molecule has 1 aromatic rings. The average molecular weight is 253 g/mol. The fourth-order valence-corrected chi connectivity index (χ4v) is 2.21. The van der Waals surface area contributed by atoms with Crippen molar-refractivity contribution in [1.82, 2.24) is 5.32 Å². The van der Waals surface area contributed by atoms with Crippen LogP contribution in [0.2, 0.25) is 0 Å². The molecule has 1 unspecified atom stereocenters. The van der Waals surface area contributed by atoms with Crippen molar-refractivity contribution in [2.45, 2.75) is 37.0 Å². The van der Waals surface area contributed by atoms with E-state index in [1.54, 1.807) is 0 Å². The van der Waals surface area contributed by atoms with Crippen LogP contribution in [0.1, 0.15) is 25.8 Å². The number of hydrogen-bond donors (Lipinski definition) is 2. The van der Waals surface area contributed by atoms with Gasteiger partial charge in [-0.05, 0) is 31.0 Å². The number of nitrogens with one attached hydrogen (secondary N) is 1. The molecule has 1 amide bonds. The summed E-state index contributed by atoms with van der Waals surface area (Å²) in [6.45, 7) is 4.71. The zero-order valence-corrected chi connectivity index (χ0v) is 11.1. The van der Waals surface area contributed by atoms with Crippen LogP contribution < -0.4 is 5.32 Å². The number of rotatable bonds is 6. The van der Waals surface area contributed by atoms with E-state index in [1.165, 1.54) is 11.8 Å². The molecule has 0 radical (unpaired) electrons. The number of thioether (sulfide) groups is 1. The minimum absolute atomic E-state index is 0.0531. The van der Waals surface area contributed by atoms with Crippen LogP contribution in [0.25, 0.3) is 0 Å². The molecule has 0 bridgehead atoms. The van der Waals surface area contributed by atoms with Crippen LogP contribution in [-0.2, 0) is 11.4 Å². The predicted octanol–water partition coefficient (Wildman–Crippen LogP) is 2.19. The Bertz CT molecular complexity index is 351. The van der Waals surface area contributed by atoms with Gasteiger partial charge in [0.1, 0.15) is 0 Å². The Morgan fingerprint density at radius 1 is 1.41 bits per heavy atom. The van der Waals surface area contributed by atoms with E-state index in [9.17, 15) is 4.79 Å². The fraction of sp³-hybridized carbons (Fsp3) is 0.462. The van der Waals surface area contributed by atoms with Crippen molar-refractivity contribution in [2.75, 3.05) is 6.54 Å². The Labute approximate surface area is 107 Å². The fourth-order valence-electron chi connectivity index (χ4n) is 1.32. The standard InChI is InChI=1S/C13H19NO2S/c1-3-8-14-13(16)10(2)17-12-6-4-11(9-15)5-7-12/h4-7,10,15H,3,8-9H2,1-2H3,(H,14,16). The highest BCUT2D eigenvalue weighted by Gasteiger charge is 2.13. The van der Waals surface area contributed by atoms with E-state index in [1.807, 2.05) is 38.1 Å². The lowest BCUT2D eigenvalue weighted by atomic mass is 10.2. The van der Waals surface area contributed by atoms with Gasteiger partial charge in [0.15, 0.2) is 0 Å². The van der Waals surface area contributed by atoms with Crippen molar-refractivity contribution >= 4 is 17.7 Å². The van der Waals surface area contributed by atoms with Crippen LogP contribution in [0.5, 0.6) is 0 Å². The van der Waals surface area contributed by atoms with Gasteiger partial charge < -0.3 is 10.4 Å². The van der Waals surface area contributed by atoms with Gasteiger partial charge in [-0.15, -0.1) is 11.8 Å². The maximum atomic E-state index is 11.7. The molecule has 0 spiro atoms. The first kappa shape index (κ1) is 14.1. The molecule has 2 N–H and O–H groups in total. The van der Waals surface area contributed by atoms with Gasteiger partial charge in [0.05, 0.1) is 11.9 Å². The van der Waals surface area contributed by atoms with E-state index in [0.717, 1.165) is 23.4 Å². The molecule has 1 atom stereocenters. The second-order valence-electron chi connectivity index (χ2n) is 3.85. The molecule has 0 aliphatic rings. The number of carbonyl (C=O) groups excluding carboxylic acids is 1. The largest absolute Gasteiger partial charge is 0.392 e. The minimum Gasteiger partial charge on any atom is -0.392 e. The average Bonchev–Trinajstić information content (AvgIpc) is 2.36. The van der Waals surface area contributed by atoms with Crippen molar-refractivity contribution in [3.63, 3.8) is 0 Å². The Kier molecular flexibility index (Phi) is 6.08. The van der Waals surface area contributed by atoms with Crippen molar-refractivity contribution in [2.24, 2.45) is 0 Å². The lowest BCUT2D eigenvalue weighted by Crippen LogP contribution is -2.31. The molecule has 17 heavy (non-hydrogen) atoms. The third kappa shape index (κ3) is 4.79. The number of amides is 1. The summed E-state index contributed by atoms with van der Waals surface area (Å²) in [4.78, 5) is 12.7. The maximum Gasteiger partial charge on any atom is 0.233 e. The number of aliphatic hydroxyl groups excluding tert-OH is 1. The molecule has 0 saturated heterocycles. The Morgan fingerprint density at radius 2 is 2.06 bits per heavy atom. The Morgan fingerprint density at radius 3 is 2.59 bits per heavy atom. The zero-order chi connectivity index (χ0) is 12.7. The number of hydrogen-bond acceptors (Lipinski definition) is 3. The number of benzene rings is 1. The highest BCUT2D eigenvalue weighted by molar-refractivity contribution is 8.00. The predicted molar refractivity (Wildman–Crippen MR) is 71.0 cm³/mol. The number of carbonyl (C=O) groups is 1. The molecule has 0 saturated carbocycles. The highest BCUT2D eigenvalue weighted by Crippen LogP contribution is 2.23. The monoisotopic (exact) mass is 253 g/mol. The SMILES string of the molecule is CCCNC(=O)C(C)Sc1ccc(CO)cc1. The van der Waals surface area contributed by atoms with E-state index in [2.05, 4.69) is 5.32 Å². The molecular weight excluding hydrogens is 234 g/mol. The molecule has 1 rings (SSSR count). The van der Waals surface area contributed by atoms with Crippen molar-refractivity contribution < 1.29 is 9.90 Å². The van der Waals surface area contributed by atoms with E-state index in [-0.39, 0.29) is 17.8 Å². The quantitative estimate of drug-likeness (QED) is 0.764. The van der Waals surface area contributed by atoms with Crippen LogP contribution in [0.15, 0.2) is 29.2 Å². The first-order valence-corrected chi connectivity index (χ1v) is 6.69. The van der Waals surface area contributed by atoms with E-state index < -0.39 is 0 Å². The zero-order valence-electron chi connectivity index (χ0n) is 10.3. The molecule has 4 heteroatoms. The second kappa shape index (κ2) is 7.35. The van der Waals surface area contributed by atoms with E-state index in [0.29, 0.717) is 0 Å². The Balaban J connectivity index is 2.49. The van der Waals surface area contributed by atoms with Gasteiger partial charge in [0.25, 0.3) is 0 Å². The molecule has 0 aromatic heterocycles. The highest BCUT2D eigenvalue weighted by atomic mass is 32.2. The topological polar surface area (TPSA) is 49.3 Å². The molecule has 0 aliphatic carbocycles. The van der Waals surface area contributed by atoms with Crippen LogP contribution in [0, 0.1) is 0 Å². The van der Waals surface area contributed by atoms with Gasteiger partial charge in [-0.25, -0.2) is 0 Å². The van der Waals surface area contributed by atoms with Gasteiger partial charge in [0.2, 0.25) is 5.91 Å². The molecule has 3 nitrogen and oxygen atoms in total. The summed E-state index contributed by atoms with van der Waals surface area (Å²) < 4.78 is 0. The van der Waals surface area contributed by atoms with Crippen LogP contribution in [-0.4, -0.2) is 22.8 Å². The van der Waals surface area contributed by atoms with E-state index in [4.69, 9.17) is 5.11 Å².